The molecule has 0 saturated heterocycles. The summed E-state index contributed by atoms with van der Waals surface area (Å²) < 4.78 is 48.4. The Morgan fingerprint density at radius 3 is 2.54 bits per heavy atom. The zero-order valence-electron chi connectivity index (χ0n) is 22.4. The van der Waals surface area contributed by atoms with Gasteiger partial charge in [-0.2, -0.15) is 15.0 Å². The number of aromatic nitrogens is 4. The van der Waals surface area contributed by atoms with Crippen molar-refractivity contribution in [2.45, 2.75) is 26.3 Å². The van der Waals surface area contributed by atoms with Crippen LogP contribution in [0.3, 0.4) is 0 Å². The first kappa shape index (κ1) is 29.6. The number of nitrogens with zero attached hydrogens (tertiary/aromatic N) is 6. The third-order valence-electron chi connectivity index (χ3n) is 5.79. The molecule has 4 aromatic rings. The van der Waals surface area contributed by atoms with Crippen LogP contribution >= 0.6 is 0 Å². The minimum Gasteiger partial charge on any atom is -0.755 e. The van der Waals surface area contributed by atoms with E-state index in [2.05, 4.69) is 25.7 Å². The van der Waals surface area contributed by atoms with E-state index in [1.165, 1.54) is 29.2 Å². The number of carbonyl (C=O) groups excluding carboxylic acids is 1. The Kier molecular flexibility index (Phi) is 8.96. The fraction of sp³-hybridized carbons (Fsp3) is 0.269. The smallest absolute Gasteiger partial charge is 0.254 e. The summed E-state index contributed by atoms with van der Waals surface area (Å²) in [6.07, 6.45) is 5.92. The molecule has 3 heterocycles. The first-order chi connectivity index (χ1) is 19.4. The lowest BCUT2D eigenvalue weighted by atomic mass is 10.1. The SMILES string of the molecule is CC(C)Nc1cc(-n2ncc3cc(C#N)cnc32)ncc1C(=O)NCCc1ccc(N(CS(C)(=O)=O)S(=O)[O-])cc1. The lowest BCUT2D eigenvalue weighted by Crippen LogP contribution is -2.31. The predicted molar refractivity (Wildman–Crippen MR) is 154 cm³/mol. The Bertz CT molecular complexity index is 1750. The van der Waals surface area contributed by atoms with Gasteiger partial charge in [0.25, 0.3) is 5.91 Å². The highest BCUT2D eigenvalue weighted by Crippen LogP contribution is 2.22. The second kappa shape index (κ2) is 12.4. The van der Waals surface area contributed by atoms with Gasteiger partial charge in [-0.1, -0.05) is 12.1 Å². The van der Waals surface area contributed by atoms with Gasteiger partial charge in [0.05, 0.1) is 23.0 Å². The molecule has 3 aromatic heterocycles. The predicted octanol–water partition coefficient (Wildman–Crippen LogP) is 2.08. The van der Waals surface area contributed by atoms with Crippen LogP contribution in [0.4, 0.5) is 11.4 Å². The van der Waals surface area contributed by atoms with Gasteiger partial charge in [0.1, 0.15) is 11.9 Å². The third kappa shape index (κ3) is 7.42. The van der Waals surface area contributed by atoms with Crippen LogP contribution in [0.2, 0.25) is 0 Å². The Hall–Kier alpha value is -4.39. The highest BCUT2D eigenvalue weighted by Gasteiger charge is 2.17. The molecule has 214 valence electrons. The van der Waals surface area contributed by atoms with Crippen molar-refractivity contribution < 1.29 is 22.0 Å². The molecule has 0 bridgehead atoms. The molecule has 0 aliphatic heterocycles. The molecule has 1 aromatic carbocycles. The molecule has 2 N–H and O–H groups in total. The molecule has 1 amide bonds. The quantitative estimate of drug-likeness (QED) is 0.243. The number of nitriles is 1. The van der Waals surface area contributed by atoms with Crippen molar-refractivity contribution in [2.24, 2.45) is 0 Å². The number of anilines is 2. The molecule has 4 rings (SSSR count). The minimum absolute atomic E-state index is 0.0201. The van der Waals surface area contributed by atoms with E-state index in [0.29, 0.717) is 40.1 Å². The fourth-order valence-electron chi connectivity index (χ4n) is 3.98. The number of nitrogens with one attached hydrogen (secondary N) is 2. The monoisotopic (exact) mass is 595 g/mol. The lowest BCUT2D eigenvalue weighted by molar-refractivity contribution is 0.0954. The number of carbonyl (C=O) groups is 1. The number of hydrogen-bond donors (Lipinski definition) is 2. The lowest BCUT2D eigenvalue weighted by Gasteiger charge is -2.25. The van der Waals surface area contributed by atoms with Crippen LogP contribution in [0.25, 0.3) is 16.9 Å². The molecular weight excluding hydrogens is 568 g/mol. The van der Waals surface area contributed by atoms with E-state index in [4.69, 9.17) is 5.26 Å². The van der Waals surface area contributed by atoms with E-state index >= 15 is 0 Å². The molecule has 15 heteroatoms. The van der Waals surface area contributed by atoms with E-state index in [9.17, 15) is 22.0 Å². The molecule has 1 atom stereocenters. The maximum absolute atomic E-state index is 13.1. The number of pyridine rings is 2. The van der Waals surface area contributed by atoms with Crippen LogP contribution in [-0.4, -0.2) is 67.6 Å². The zero-order valence-corrected chi connectivity index (χ0v) is 24.1. The van der Waals surface area contributed by atoms with Gasteiger partial charge in [-0.15, -0.1) is 0 Å². The van der Waals surface area contributed by atoms with Gasteiger partial charge in [0, 0.05) is 59.6 Å². The van der Waals surface area contributed by atoms with Crippen LogP contribution in [0.5, 0.6) is 0 Å². The zero-order chi connectivity index (χ0) is 29.7. The molecule has 1 unspecified atom stereocenters. The first-order valence-electron chi connectivity index (χ1n) is 12.4. The number of fused-ring (bicyclic) bond motifs is 1. The largest absolute Gasteiger partial charge is 0.755 e. The Balaban J connectivity index is 1.47. The van der Waals surface area contributed by atoms with Gasteiger partial charge < -0.3 is 15.2 Å². The summed E-state index contributed by atoms with van der Waals surface area (Å²) in [6.45, 7) is 4.18. The summed E-state index contributed by atoms with van der Waals surface area (Å²) in [6, 6.07) is 11.8. The van der Waals surface area contributed by atoms with E-state index < -0.39 is 27.0 Å². The maximum atomic E-state index is 13.1. The van der Waals surface area contributed by atoms with Gasteiger partial charge in [0.15, 0.2) is 21.3 Å². The standard InChI is InChI=1S/C26H28N8O5S2/c1-17(2)32-23-11-24(34-25-20(14-31-34)10-19(12-27)13-30-25)29-15-22(23)26(35)28-9-8-18-4-6-21(7-5-18)33(40(36)37)16-41(3,38)39/h4-7,10-11,13-15,17H,8-9,16H2,1-3H3,(H,28,35)(H,29,32)(H,36,37)/p-1. The number of benzene rings is 1. The molecule has 0 saturated carbocycles. The summed E-state index contributed by atoms with van der Waals surface area (Å²) in [7, 11) is -3.56. The third-order valence-corrected chi connectivity index (χ3v) is 7.38. The first-order valence-corrected chi connectivity index (χ1v) is 15.5. The summed E-state index contributed by atoms with van der Waals surface area (Å²) in [5.74, 6) is -0.555. The van der Waals surface area contributed by atoms with Crippen molar-refractivity contribution in [1.82, 2.24) is 25.1 Å². The maximum Gasteiger partial charge on any atom is 0.254 e. The van der Waals surface area contributed by atoms with Crippen molar-refractivity contribution in [3.05, 3.63) is 71.7 Å². The van der Waals surface area contributed by atoms with Gasteiger partial charge in [-0.05, 0) is 44.0 Å². The van der Waals surface area contributed by atoms with Crippen molar-refractivity contribution >= 4 is 49.4 Å². The highest BCUT2D eigenvalue weighted by atomic mass is 32.2. The second-order valence-corrected chi connectivity index (χ2v) is 12.5. The van der Waals surface area contributed by atoms with Crippen LogP contribution < -0.4 is 14.9 Å². The average Bonchev–Trinajstić information content (AvgIpc) is 3.34. The molecule has 0 radical (unpaired) electrons. The van der Waals surface area contributed by atoms with Gasteiger partial charge in [0.2, 0.25) is 0 Å². The summed E-state index contributed by atoms with van der Waals surface area (Å²) >= 11 is -2.75. The number of sulfone groups is 1. The molecule has 41 heavy (non-hydrogen) atoms. The Morgan fingerprint density at radius 2 is 1.90 bits per heavy atom. The fourth-order valence-corrected chi connectivity index (χ4v) is 5.77. The summed E-state index contributed by atoms with van der Waals surface area (Å²) in [5, 5.41) is 20.3. The minimum atomic E-state index is -3.56. The normalized spacial score (nSPS) is 12.2. The molecule has 0 fully saturated rings. The van der Waals surface area contributed by atoms with Gasteiger partial charge >= 0.3 is 0 Å². The molecular formula is C26H27N8O5S2-. The summed E-state index contributed by atoms with van der Waals surface area (Å²) in [5.41, 5.74) is 2.87. The molecule has 0 aliphatic rings. The van der Waals surface area contributed by atoms with Crippen molar-refractivity contribution in [3.63, 3.8) is 0 Å². The summed E-state index contributed by atoms with van der Waals surface area (Å²) in [4.78, 5) is 21.8. The average molecular weight is 596 g/mol. The van der Waals surface area contributed by atoms with Crippen molar-refractivity contribution in [1.29, 1.82) is 5.26 Å². The van der Waals surface area contributed by atoms with E-state index in [1.54, 1.807) is 30.5 Å². The Labute approximate surface area is 239 Å². The number of hydrogen-bond acceptors (Lipinski definition) is 10. The highest BCUT2D eigenvalue weighted by molar-refractivity contribution is 7.92. The van der Waals surface area contributed by atoms with Crippen LogP contribution in [0.15, 0.2) is 55.0 Å². The van der Waals surface area contributed by atoms with Crippen LogP contribution in [0, 0.1) is 11.3 Å². The molecule has 0 aliphatic carbocycles. The topological polar surface area (TPSA) is 186 Å². The van der Waals surface area contributed by atoms with Gasteiger partial charge in [-0.25, -0.2) is 18.4 Å². The number of rotatable bonds is 11. The molecule has 0 spiro atoms. The van der Waals surface area contributed by atoms with Crippen molar-refractivity contribution in [2.75, 3.05) is 28.3 Å². The van der Waals surface area contributed by atoms with Crippen LogP contribution in [-0.2, 0) is 27.5 Å². The second-order valence-electron chi connectivity index (χ2n) is 9.51. The van der Waals surface area contributed by atoms with E-state index in [1.807, 2.05) is 19.9 Å². The van der Waals surface area contributed by atoms with Crippen LogP contribution in [0.1, 0.15) is 35.3 Å². The number of amides is 1. The van der Waals surface area contributed by atoms with Gasteiger partial charge in [-0.3, -0.25) is 13.3 Å². The van der Waals surface area contributed by atoms with E-state index in [0.717, 1.165) is 16.1 Å². The Morgan fingerprint density at radius 1 is 1.17 bits per heavy atom. The van der Waals surface area contributed by atoms with Crippen molar-refractivity contribution in [3.8, 4) is 11.9 Å². The van der Waals surface area contributed by atoms with E-state index in [-0.39, 0.29) is 24.2 Å². The molecule has 13 nitrogen and oxygen atoms in total.